The molecular weight excluding hydrogens is 410 g/mol. The Hall–Kier alpha value is -3.16. The Labute approximate surface area is 184 Å². The summed E-state index contributed by atoms with van der Waals surface area (Å²) in [5.74, 6) is -0.258. The zero-order valence-corrected chi connectivity index (χ0v) is 18.7. The number of aryl methyl sites for hydroxylation is 1. The van der Waals surface area contributed by atoms with Gasteiger partial charge in [-0.3, -0.25) is 4.79 Å². The highest BCUT2D eigenvalue weighted by atomic mass is 32.2. The molecule has 0 spiro atoms. The van der Waals surface area contributed by atoms with Crippen LogP contribution in [0.3, 0.4) is 0 Å². The lowest BCUT2D eigenvalue weighted by Gasteiger charge is -2.15. The van der Waals surface area contributed by atoms with Crippen molar-refractivity contribution in [1.29, 1.82) is 0 Å². The quantitative estimate of drug-likeness (QED) is 0.561. The van der Waals surface area contributed by atoms with Crippen LogP contribution in [0.5, 0.6) is 0 Å². The zero-order valence-electron chi connectivity index (χ0n) is 17.9. The Morgan fingerprint density at radius 1 is 0.935 bits per heavy atom. The Bertz CT molecular complexity index is 1160. The van der Waals surface area contributed by atoms with Crippen molar-refractivity contribution in [3.8, 4) is 0 Å². The number of hydrogen-bond acceptors (Lipinski definition) is 4. The fraction of sp³-hybridized carbons (Fsp3) is 0.208. The summed E-state index contributed by atoms with van der Waals surface area (Å²) in [5, 5.41) is 5.97. The topological polar surface area (TPSA) is 78.5 Å². The molecule has 6 nitrogen and oxygen atoms in total. The minimum atomic E-state index is -3.59. The van der Waals surface area contributed by atoms with Gasteiger partial charge in [0.1, 0.15) is 0 Å². The summed E-state index contributed by atoms with van der Waals surface area (Å²) in [7, 11) is -0.624. The van der Waals surface area contributed by atoms with Crippen molar-refractivity contribution >= 4 is 27.3 Å². The van der Waals surface area contributed by atoms with Crippen LogP contribution in [0.15, 0.2) is 77.7 Å². The van der Waals surface area contributed by atoms with Gasteiger partial charge in [-0.2, -0.15) is 0 Å². The molecule has 0 fully saturated rings. The number of carbonyl (C=O) groups excluding carboxylic acids is 1. The second-order valence-corrected chi connectivity index (χ2v) is 9.61. The molecule has 2 N–H and O–H groups in total. The maximum absolute atomic E-state index is 12.5. The molecule has 3 aromatic rings. The van der Waals surface area contributed by atoms with Gasteiger partial charge in [-0.15, -0.1) is 0 Å². The molecule has 0 bridgehead atoms. The van der Waals surface area contributed by atoms with Gasteiger partial charge < -0.3 is 10.6 Å². The average Bonchev–Trinajstić information content (AvgIpc) is 2.75. The minimum absolute atomic E-state index is 0.0649. The number of carbonyl (C=O) groups is 1. The summed E-state index contributed by atoms with van der Waals surface area (Å²) in [4.78, 5) is 12.7. The van der Waals surface area contributed by atoms with Crippen LogP contribution in [0, 0.1) is 6.92 Å². The molecule has 0 aliphatic heterocycles. The number of benzene rings is 3. The van der Waals surface area contributed by atoms with E-state index < -0.39 is 10.0 Å². The molecule has 0 aliphatic carbocycles. The van der Waals surface area contributed by atoms with E-state index in [1.807, 2.05) is 42.5 Å². The monoisotopic (exact) mass is 437 g/mol. The van der Waals surface area contributed by atoms with E-state index in [9.17, 15) is 13.2 Å². The second kappa shape index (κ2) is 9.76. The highest BCUT2D eigenvalue weighted by Gasteiger charge is 2.20. The SMILES string of the molecule is Cc1ccc(NC(=O)CNc2ccccc2Cc2ccccc2)cc1S(=O)(=O)N(C)C. The summed E-state index contributed by atoms with van der Waals surface area (Å²) < 4.78 is 26.1. The Morgan fingerprint density at radius 3 is 2.32 bits per heavy atom. The third kappa shape index (κ3) is 5.71. The minimum Gasteiger partial charge on any atom is -0.376 e. The maximum atomic E-state index is 12.5. The summed E-state index contributed by atoms with van der Waals surface area (Å²) in [6, 6.07) is 22.9. The highest BCUT2D eigenvalue weighted by molar-refractivity contribution is 7.89. The van der Waals surface area contributed by atoms with Gasteiger partial charge in [0.25, 0.3) is 0 Å². The molecule has 0 radical (unpaired) electrons. The molecule has 7 heteroatoms. The first-order chi connectivity index (χ1) is 14.8. The molecule has 3 rings (SSSR count). The van der Waals surface area contributed by atoms with Gasteiger partial charge in [0.05, 0.1) is 11.4 Å². The first-order valence-corrected chi connectivity index (χ1v) is 11.4. The van der Waals surface area contributed by atoms with E-state index in [2.05, 4.69) is 22.8 Å². The van der Waals surface area contributed by atoms with Gasteiger partial charge in [-0.25, -0.2) is 12.7 Å². The Balaban J connectivity index is 1.68. The molecule has 0 unspecified atom stereocenters. The molecule has 0 aromatic heterocycles. The summed E-state index contributed by atoms with van der Waals surface area (Å²) >= 11 is 0. The van der Waals surface area contributed by atoms with Crippen LogP contribution in [0.4, 0.5) is 11.4 Å². The molecule has 0 atom stereocenters. The van der Waals surface area contributed by atoms with Crippen molar-refractivity contribution in [1.82, 2.24) is 4.31 Å². The average molecular weight is 438 g/mol. The lowest BCUT2D eigenvalue weighted by molar-refractivity contribution is -0.114. The lowest BCUT2D eigenvalue weighted by Crippen LogP contribution is -2.24. The van der Waals surface area contributed by atoms with Gasteiger partial charge in [0.2, 0.25) is 15.9 Å². The van der Waals surface area contributed by atoms with Crippen molar-refractivity contribution in [3.05, 3.63) is 89.5 Å². The van der Waals surface area contributed by atoms with Crippen molar-refractivity contribution < 1.29 is 13.2 Å². The normalized spacial score (nSPS) is 11.4. The molecule has 0 saturated carbocycles. The number of para-hydroxylation sites is 1. The predicted molar refractivity (Wildman–Crippen MR) is 125 cm³/mol. The first kappa shape index (κ1) is 22.5. The fourth-order valence-electron chi connectivity index (χ4n) is 3.20. The maximum Gasteiger partial charge on any atom is 0.243 e. The van der Waals surface area contributed by atoms with Crippen LogP contribution in [-0.2, 0) is 21.2 Å². The van der Waals surface area contributed by atoms with Crippen LogP contribution in [0.1, 0.15) is 16.7 Å². The smallest absolute Gasteiger partial charge is 0.243 e. The summed E-state index contributed by atoms with van der Waals surface area (Å²) in [5.41, 5.74) is 4.24. The number of sulfonamides is 1. The first-order valence-electron chi connectivity index (χ1n) is 9.96. The number of rotatable bonds is 8. The van der Waals surface area contributed by atoms with Gasteiger partial charge in [0, 0.05) is 25.5 Å². The van der Waals surface area contributed by atoms with E-state index in [0.717, 1.165) is 22.0 Å². The number of hydrogen-bond donors (Lipinski definition) is 2. The zero-order chi connectivity index (χ0) is 22.4. The molecule has 0 aliphatic rings. The number of amides is 1. The van der Waals surface area contributed by atoms with Crippen LogP contribution in [-0.4, -0.2) is 39.3 Å². The Morgan fingerprint density at radius 2 is 1.61 bits per heavy atom. The number of anilines is 2. The van der Waals surface area contributed by atoms with Crippen LogP contribution in [0.25, 0.3) is 0 Å². The van der Waals surface area contributed by atoms with E-state index in [0.29, 0.717) is 11.3 Å². The molecule has 0 heterocycles. The summed E-state index contributed by atoms with van der Waals surface area (Å²) in [6.45, 7) is 1.79. The molecule has 0 saturated heterocycles. The van der Waals surface area contributed by atoms with E-state index in [1.165, 1.54) is 25.7 Å². The lowest BCUT2D eigenvalue weighted by atomic mass is 10.0. The largest absolute Gasteiger partial charge is 0.376 e. The fourth-order valence-corrected chi connectivity index (χ4v) is 4.34. The van der Waals surface area contributed by atoms with Gasteiger partial charge >= 0.3 is 0 Å². The van der Waals surface area contributed by atoms with Crippen molar-refractivity contribution in [2.45, 2.75) is 18.2 Å². The van der Waals surface area contributed by atoms with Crippen molar-refractivity contribution in [3.63, 3.8) is 0 Å². The third-order valence-electron chi connectivity index (χ3n) is 4.92. The van der Waals surface area contributed by atoms with Gasteiger partial charge in [-0.1, -0.05) is 54.6 Å². The third-order valence-corrected chi connectivity index (χ3v) is 6.88. The highest BCUT2D eigenvalue weighted by Crippen LogP contribution is 2.23. The molecule has 3 aromatic carbocycles. The van der Waals surface area contributed by atoms with E-state index in [4.69, 9.17) is 0 Å². The van der Waals surface area contributed by atoms with Crippen molar-refractivity contribution in [2.24, 2.45) is 0 Å². The Kier molecular flexibility index (Phi) is 7.09. The number of nitrogens with zero attached hydrogens (tertiary/aromatic N) is 1. The van der Waals surface area contributed by atoms with Crippen LogP contribution < -0.4 is 10.6 Å². The van der Waals surface area contributed by atoms with Crippen LogP contribution >= 0.6 is 0 Å². The van der Waals surface area contributed by atoms with Gasteiger partial charge in [0.15, 0.2) is 0 Å². The standard InChI is InChI=1S/C24H27N3O3S/c1-18-13-14-21(16-23(18)31(29,30)27(2)3)26-24(28)17-25-22-12-8-7-11-20(22)15-19-9-5-4-6-10-19/h4-14,16,25H,15,17H2,1-3H3,(H,26,28). The molecule has 1 amide bonds. The van der Waals surface area contributed by atoms with Crippen LogP contribution in [0.2, 0.25) is 0 Å². The molecule has 162 valence electrons. The predicted octanol–water partition coefficient (Wildman–Crippen LogP) is 3.89. The summed E-state index contributed by atoms with van der Waals surface area (Å²) in [6.07, 6.45) is 0.759. The van der Waals surface area contributed by atoms with Gasteiger partial charge in [-0.05, 0) is 48.2 Å². The van der Waals surface area contributed by atoms with Crippen molar-refractivity contribution in [2.75, 3.05) is 31.3 Å². The van der Waals surface area contributed by atoms with E-state index in [1.54, 1.807) is 19.1 Å². The molecule has 31 heavy (non-hydrogen) atoms. The van der Waals surface area contributed by atoms with E-state index >= 15 is 0 Å². The number of nitrogens with one attached hydrogen (secondary N) is 2. The van der Waals surface area contributed by atoms with E-state index in [-0.39, 0.29) is 17.3 Å². The second-order valence-electron chi connectivity index (χ2n) is 7.49. The molecular formula is C24H27N3O3S.